The Morgan fingerprint density at radius 3 is 2.64 bits per heavy atom. The van der Waals surface area contributed by atoms with Crippen molar-refractivity contribution in [1.82, 2.24) is 10.2 Å². The normalized spacial score (nSPS) is 10.6. The molecule has 1 N–H and O–H groups in total. The monoisotopic (exact) mass is 316 g/mol. The Morgan fingerprint density at radius 2 is 1.91 bits per heavy atom. The smallest absolute Gasteiger partial charge is 0.254 e. The number of nitrogens with zero attached hydrogens (tertiary/aromatic N) is 2. The van der Waals surface area contributed by atoms with Crippen LogP contribution in [0.1, 0.15) is 11.5 Å². The molecule has 6 heteroatoms. The number of hydrogen-bond donors (Lipinski definition) is 1. The maximum atomic E-state index is 8.98. The van der Waals surface area contributed by atoms with Crippen molar-refractivity contribution in [2.75, 3.05) is 0 Å². The van der Waals surface area contributed by atoms with Crippen LogP contribution in [0.2, 0.25) is 5.02 Å². The number of aliphatic hydroxyl groups is 1. The second-order valence-corrected chi connectivity index (χ2v) is 5.04. The van der Waals surface area contributed by atoms with Gasteiger partial charge in [0.2, 0.25) is 5.89 Å². The van der Waals surface area contributed by atoms with Crippen LogP contribution in [0.4, 0.5) is 0 Å². The van der Waals surface area contributed by atoms with Crippen LogP contribution in [0.15, 0.2) is 52.9 Å². The lowest BCUT2D eigenvalue weighted by Crippen LogP contribution is -1.95. The highest BCUT2D eigenvalue weighted by molar-refractivity contribution is 6.30. The van der Waals surface area contributed by atoms with Crippen molar-refractivity contribution in [3.8, 4) is 17.2 Å². The Hall–Kier alpha value is -2.37. The van der Waals surface area contributed by atoms with E-state index in [1.807, 2.05) is 12.1 Å². The number of ether oxygens (including phenoxy) is 1. The summed E-state index contributed by atoms with van der Waals surface area (Å²) in [7, 11) is 0. The fourth-order valence-electron chi connectivity index (χ4n) is 1.89. The first-order chi connectivity index (χ1) is 10.7. The second kappa shape index (κ2) is 6.60. The van der Waals surface area contributed by atoms with E-state index in [4.69, 9.17) is 25.9 Å². The Labute approximate surface area is 132 Å². The minimum absolute atomic E-state index is 0.00688. The molecule has 0 aliphatic rings. The van der Waals surface area contributed by atoms with E-state index in [1.165, 1.54) is 0 Å². The van der Waals surface area contributed by atoms with Crippen molar-refractivity contribution >= 4 is 11.6 Å². The van der Waals surface area contributed by atoms with E-state index in [1.54, 1.807) is 36.4 Å². The molecule has 0 unspecified atom stereocenters. The molecular formula is C16H13ClN2O3. The number of rotatable bonds is 5. The third kappa shape index (κ3) is 3.44. The van der Waals surface area contributed by atoms with Gasteiger partial charge in [0, 0.05) is 10.6 Å². The summed E-state index contributed by atoms with van der Waals surface area (Å²) >= 11 is 5.94. The second-order valence-electron chi connectivity index (χ2n) is 4.60. The molecule has 2 aromatic carbocycles. The summed E-state index contributed by atoms with van der Waals surface area (Å²) in [5.41, 5.74) is 1.59. The highest BCUT2D eigenvalue weighted by Crippen LogP contribution is 2.22. The van der Waals surface area contributed by atoms with Gasteiger partial charge < -0.3 is 14.3 Å². The largest absolute Gasteiger partial charge is 0.484 e. The first kappa shape index (κ1) is 14.6. The molecule has 0 aliphatic heterocycles. The highest BCUT2D eigenvalue weighted by Gasteiger charge is 2.09. The van der Waals surface area contributed by atoms with Gasteiger partial charge in [0.1, 0.15) is 5.75 Å². The minimum Gasteiger partial charge on any atom is -0.484 e. The summed E-state index contributed by atoms with van der Waals surface area (Å²) in [5.74, 6) is 1.44. The molecule has 0 fully saturated rings. The molecule has 5 nitrogen and oxygen atoms in total. The van der Waals surface area contributed by atoms with Gasteiger partial charge in [-0.25, -0.2) is 0 Å². The van der Waals surface area contributed by atoms with E-state index in [9.17, 15) is 0 Å². The quantitative estimate of drug-likeness (QED) is 0.780. The van der Waals surface area contributed by atoms with E-state index in [2.05, 4.69) is 10.2 Å². The van der Waals surface area contributed by atoms with E-state index in [0.29, 0.717) is 22.6 Å². The van der Waals surface area contributed by atoms with E-state index in [-0.39, 0.29) is 13.2 Å². The standard InChI is InChI=1S/C16H13ClN2O3/c17-13-3-1-2-12(8-13)16-19-18-15(22-16)10-21-14-6-4-11(9-20)5-7-14/h1-8,20H,9-10H2. The lowest BCUT2D eigenvalue weighted by atomic mass is 10.2. The molecule has 3 rings (SSSR count). The van der Waals surface area contributed by atoms with E-state index < -0.39 is 0 Å². The predicted octanol–water partition coefficient (Wildman–Crippen LogP) is 3.46. The van der Waals surface area contributed by atoms with Crippen molar-refractivity contribution in [3.63, 3.8) is 0 Å². The number of hydrogen-bond acceptors (Lipinski definition) is 5. The first-order valence-corrected chi connectivity index (χ1v) is 7.03. The summed E-state index contributed by atoms with van der Waals surface area (Å²) in [6, 6.07) is 14.3. The van der Waals surface area contributed by atoms with Crippen molar-refractivity contribution in [2.24, 2.45) is 0 Å². The lowest BCUT2D eigenvalue weighted by Gasteiger charge is -2.03. The Morgan fingerprint density at radius 1 is 1.09 bits per heavy atom. The van der Waals surface area contributed by atoms with E-state index in [0.717, 1.165) is 11.1 Å². The van der Waals surface area contributed by atoms with Crippen LogP contribution in [-0.2, 0) is 13.2 Å². The molecule has 1 heterocycles. The molecular weight excluding hydrogens is 304 g/mol. The van der Waals surface area contributed by atoms with E-state index >= 15 is 0 Å². The highest BCUT2D eigenvalue weighted by atomic mass is 35.5. The molecule has 0 saturated carbocycles. The van der Waals surface area contributed by atoms with Gasteiger partial charge in [-0.05, 0) is 35.9 Å². The van der Waals surface area contributed by atoms with Crippen LogP contribution in [0, 0.1) is 0 Å². The van der Waals surface area contributed by atoms with Crippen LogP contribution < -0.4 is 4.74 Å². The molecule has 112 valence electrons. The maximum absolute atomic E-state index is 8.98. The molecule has 1 aromatic heterocycles. The van der Waals surface area contributed by atoms with Gasteiger partial charge in [0.25, 0.3) is 5.89 Å². The molecule has 22 heavy (non-hydrogen) atoms. The molecule has 0 amide bonds. The Kier molecular flexibility index (Phi) is 4.37. The first-order valence-electron chi connectivity index (χ1n) is 6.65. The van der Waals surface area contributed by atoms with Gasteiger partial charge in [0.05, 0.1) is 6.61 Å². The fraction of sp³-hybridized carbons (Fsp3) is 0.125. The summed E-state index contributed by atoms with van der Waals surface area (Å²) < 4.78 is 11.1. The van der Waals surface area contributed by atoms with Crippen LogP contribution in [-0.4, -0.2) is 15.3 Å². The number of halogens is 1. The molecule has 0 radical (unpaired) electrons. The van der Waals surface area contributed by atoms with Crippen molar-refractivity contribution in [1.29, 1.82) is 0 Å². The van der Waals surface area contributed by atoms with Crippen LogP contribution in [0.3, 0.4) is 0 Å². The predicted molar refractivity (Wildman–Crippen MR) is 81.4 cm³/mol. The number of aliphatic hydroxyl groups excluding tert-OH is 1. The van der Waals surface area contributed by atoms with Crippen molar-refractivity contribution in [3.05, 3.63) is 65.0 Å². The van der Waals surface area contributed by atoms with Crippen LogP contribution >= 0.6 is 11.6 Å². The molecule has 0 atom stereocenters. The van der Waals surface area contributed by atoms with Crippen LogP contribution in [0.25, 0.3) is 11.5 Å². The maximum Gasteiger partial charge on any atom is 0.254 e. The van der Waals surface area contributed by atoms with Gasteiger partial charge in [-0.2, -0.15) is 0 Å². The molecule has 0 aliphatic carbocycles. The van der Waals surface area contributed by atoms with Gasteiger partial charge >= 0.3 is 0 Å². The zero-order valence-electron chi connectivity index (χ0n) is 11.6. The van der Waals surface area contributed by atoms with Crippen molar-refractivity contribution in [2.45, 2.75) is 13.2 Å². The summed E-state index contributed by atoms with van der Waals surface area (Å²) in [4.78, 5) is 0. The Bertz CT molecular complexity index is 756. The minimum atomic E-state index is 0.00688. The third-order valence-corrected chi connectivity index (χ3v) is 3.24. The molecule has 0 spiro atoms. The summed E-state index contributed by atoms with van der Waals surface area (Å²) in [5, 5.41) is 17.5. The topological polar surface area (TPSA) is 68.4 Å². The van der Waals surface area contributed by atoms with Gasteiger partial charge in [-0.15, -0.1) is 10.2 Å². The average Bonchev–Trinajstić information content (AvgIpc) is 3.02. The van der Waals surface area contributed by atoms with Crippen molar-refractivity contribution < 1.29 is 14.3 Å². The summed E-state index contributed by atoms with van der Waals surface area (Å²) in [6.07, 6.45) is 0. The zero-order valence-corrected chi connectivity index (χ0v) is 12.3. The lowest BCUT2D eigenvalue weighted by molar-refractivity contribution is 0.263. The zero-order chi connectivity index (χ0) is 15.4. The molecule has 3 aromatic rings. The third-order valence-electron chi connectivity index (χ3n) is 3.01. The fourth-order valence-corrected chi connectivity index (χ4v) is 2.08. The van der Waals surface area contributed by atoms with Gasteiger partial charge in [-0.3, -0.25) is 0 Å². The number of aromatic nitrogens is 2. The van der Waals surface area contributed by atoms with Gasteiger partial charge in [0.15, 0.2) is 6.61 Å². The Balaban J connectivity index is 1.66. The molecule has 0 saturated heterocycles. The van der Waals surface area contributed by atoms with Gasteiger partial charge in [-0.1, -0.05) is 29.8 Å². The SMILES string of the molecule is OCc1ccc(OCc2nnc(-c3cccc(Cl)c3)o2)cc1. The summed E-state index contributed by atoms with van der Waals surface area (Å²) in [6.45, 7) is 0.180. The van der Waals surface area contributed by atoms with Crippen LogP contribution in [0.5, 0.6) is 5.75 Å². The average molecular weight is 317 g/mol. The number of benzene rings is 2. The molecule has 0 bridgehead atoms.